The third kappa shape index (κ3) is 4.00. The summed E-state index contributed by atoms with van der Waals surface area (Å²) in [6, 6.07) is 2.56. The third-order valence-electron chi connectivity index (χ3n) is 4.28. The number of rotatable bonds is 5. The normalized spacial score (nSPS) is 15.4. The fourth-order valence-electron chi connectivity index (χ4n) is 2.74. The average Bonchev–Trinajstić information content (AvgIpc) is 3.36. The number of alkyl halides is 3. The van der Waals surface area contributed by atoms with Gasteiger partial charge in [-0.25, -0.2) is 0 Å². The zero-order valence-electron chi connectivity index (χ0n) is 14.3. The van der Waals surface area contributed by atoms with Crippen LogP contribution >= 0.6 is 27.5 Å². The van der Waals surface area contributed by atoms with Gasteiger partial charge in [0.25, 0.3) is 5.69 Å². The zero-order valence-corrected chi connectivity index (χ0v) is 16.6. The van der Waals surface area contributed by atoms with Gasteiger partial charge in [0.1, 0.15) is 11.7 Å². The van der Waals surface area contributed by atoms with Crippen LogP contribution in [0.3, 0.4) is 0 Å². The van der Waals surface area contributed by atoms with E-state index in [1.807, 2.05) is 0 Å². The van der Waals surface area contributed by atoms with E-state index < -0.39 is 34.4 Å². The van der Waals surface area contributed by atoms with Gasteiger partial charge in [-0.3, -0.25) is 19.6 Å². The van der Waals surface area contributed by atoms with Crippen molar-refractivity contribution >= 4 is 44.8 Å². The molecule has 150 valence electrons. The number of hydrogen-bond donors (Lipinski definition) is 1. The molecule has 0 aliphatic heterocycles. The predicted molar refractivity (Wildman–Crippen MR) is 98.4 cm³/mol. The summed E-state index contributed by atoms with van der Waals surface area (Å²) < 4.78 is 40.5. The number of hydrogen-bond acceptors (Lipinski definition) is 4. The first-order valence-electron chi connectivity index (χ1n) is 8.10. The number of carbonyl (C=O) groups excluding carboxylic acids is 1. The van der Waals surface area contributed by atoms with Gasteiger partial charge in [-0.2, -0.15) is 18.3 Å². The van der Waals surface area contributed by atoms with Gasteiger partial charge < -0.3 is 5.32 Å². The van der Waals surface area contributed by atoms with Crippen LogP contribution in [-0.4, -0.2) is 20.6 Å². The van der Waals surface area contributed by atoms with Crippen molar-refractivity contribution in [2.75, 3.05) is 5.32 Å². The van der Waals surface area contributed by atoms with Crippen LogP contribution in [0, 0.1) is 10.1 Å². The minimum Gasteiger partial charge on any atom is -0.319 e. The molecule has 0 radical (unpaired) electrons. The number of nitro groups is 1. The fraction of sp³-hybridized carbons (Fsp3) is 0.375. The molecule has 1 fully saturated rings. The summed E-state index contributed by atoms with van der Waals surface area (Å²) in [6.07, 6.45) is -3.30. The van der Waals surface area contributed by atoms with Crippen LogP contribution in [0.15, 0.2) is 22.7 Å². The monoisotopic (exact) mass is 480 g/mol. The smallest absolute Gasteiger partial charge is 0.319 e. The van der Waals surface area contributed by atoms with Gasteiger partial charge in [-0.1, -0.05) is 11.6 Å². The second kappa shape index (κ2) is 7.36. The van der Waals surface area contributed by atoms with Crippen LogP contribution in [0.25, 0.3) is 0 Å². The molecule has 1 aliphatic rings. The molecule has 1 N–H and O–H groups in total. The number of halogens is 5. The van der Waals surface area contributed by atoms with Gasteiger partial charge in [0.15, 0.2) is 5.69 Å². The van der Waals surface area contributed by atoms with Gasteiger partial charge in [-0.15, -0.1) is 0 Å². The number of nitrogens with one attached hydrogen (secondary N) is 1. The summed E-state index contributed by atoms with van der Waals surface area (Å²) in [5.74, 6) is -0.867. The van der Waals surface area contributed by atoms with E-state index in [2.05, 4.69) is 26.3 Å². The maximum Gasteiger partial charge on any atom is 0.436 e. The highest BCUT2D eigenvalue weighted by molar-refractivity contribution is 9.10. The Kier molecular flexibility index (Phi) is 5.41. The van der Waals surface area contributed by atoms with E-state index in [4.69, 9.17) is 11.6 Å². The molecule has 0 saturated heterocycles. The van der Waals surface area contributed by atoms with E-state index in [0.717, 1.165) is 10.7 Å². The van der Waals surface area contributed by atoms with Gasteiger partial charge in [-0.05, 0) is 47.8 Å². The largest absolute Gasteiger partial charge is 0.436 e. The molecule has 1 aliphatic carbocycles. The lowest BCUT2D eigenvalue weighted by Crippen LogP contribution is -2.26. The van der Waals surface area contributed by atoms with E-state index in [0.29, 0.717) is 18.5 Å². The van der Waals surface area contributed by atoms with Gasteiger partial charge >= 0.3 is 6.18 Å². The van der Waals surface area contributed by atoms with Crippen LogP contribution in [0.4, 0.5) is 24.5 Å². The first kappa shape index (κ1) is 20.6. The van der Waals surface area contributed by atoms with Crippen LogP contribution in [-0.2, 0) is 11.0 Å². The topological polar surface area (TPSA) is 90.1 Å². The molecule has 1 atom stereocenters. The van der Waals surface area contributed by atoms with Crippen molar-refractivity contribution in [3.05, 3.63) is 49.2 Å². The highest BCUT2D eigenvalue weighted by Crippen LogP contribution is 2.47. The average molecular weight is 482 g/mol. The standard InChI is InChI=1S/C16H13BrClF3N4O3/c1-7(15(26)22-10-5-4-9(18)6-11(10)25(27)28)24-13(8-2-3-8)12(17)14(23-24)16(19,20)21/h4-8H,2-3H2,1H3,(H,22,26). The minimum absolute atomic E-state index is 0.110. The Morgan fingerprint density at radius 2 is 2.11 bits per heavy atom. The number of carbonyl (C=O) groups is 1. The summed E-state index contributed by atoms with van der Waals surface area (Å²) in [6.45, 7) is 1.38. The molecule has 1 amide bonds. The van der Waals surface area contributed by atoms with Crippen molar-refractivity contribution < 1.29 is 22.9 Å². The van der Waals surface area contributed by atoms with Crippen LogP contribution < -0.4 is 5.32 Å². The summed E-state index contributed by atoms with van der Waals surface area (Å²) in [4.78, 5) is 23.1. The fourth-order valence-corrected chi connectivity index (χ4v) is 3.71. The Balaban J connectivity index is 1.94. The van der Waals surface area contributed by atoms with Crippen LogP contribution in [0.1, 0.15) is 43.1 Å². The molecule has 1 unspecified atom stereocenters. The lowest BCUT2D eigenvalue weighted by molar-refractivity contribution is -0.383. The second-order valence-electron chi connectivity index (χ2n) is 6.35. The number of benzene rings is 1. The lowest BCUT2D eigenvalue weighted by atomic mass is 10.2. The highest BCUT2D eigenvalue weighted by Gasteiger charge is 2.43. The van der Waals surface area contributed by atoms with E-state index in [1.54, 1.807) is 0 Å². The molecule has 0 spiro atoms. The van der Waals surface area contributed by atoms with Crippen molar-refractivity contribution in [3.63, 3.8) is 0 Å². The third-order valence-corrected chi connectivity index (χ3v) is 5.30. The minimum atomic E-state index is -4.68. The van der Waals surface area contributed by atoms with E-state index in [9.17, 15) is 28.1 Å². The van der Waals surface area contributed by atoms with Crippen molar-refractivity contribution in [1.29, 1.82) is 0 Å². The molecular weight excluding hydrogens is 469 g/mol. The second-order valence-corrected chi connectivity index (χ2v) is 7.58. The number of nitrogens with zero attached hydrogens (tertiary/aromatic N) is 3. The molecule has 1 aromatic carbocycles. The van der Waals surface area contributed by atoms with Crippen molar-refractivity contribution in [2.45, 2.75) is 37.9 Å². The molecule has 7 nitrogen and oxygen atoms in total. The summed E-state index contributed by atoms with van der Waals surface area (Å²) in [5.41, 5.74) is -1.35. The summed E-state index contributed by atoms with van der Waals surface area (Å²) in [7, 11) is 0. The Morgan fingerprint density at radius 3 is 2.64 bits per heavy atom. The number of aromatic nitrogens is 2. The molecule has 12 heteroatoms. The van der Waals surface area contributed by atoms with Crippen molar-refractivity contribution in [2.24, 2.45) is 0 Å². The van der Waals surface area contributed by atoms with Crippen LogP contribution in [0.2, 0.25) is 5.02 Å². The molecule has 1 heterocycles. The Bertz CT molecular complexity index is 959. The molecule has 1 aromatic heterocycles. The Morgan fingerprint density at radius 1 is 1.46 bits per heavy atom. The SMILES string of the molecule is CC(C(=O)Nc1ccc(Cl)cc1[N+](=O)[O-])n1nc(C(F)(F)F)c(Br)c1C1CC1. The van der Waals surface area contributed by atoms with E-state index in [-0.39, 0.29) is 21.1 Å². The molecule has 2 aromatic rings. The van der Waals surface area contributed by atoms with E-state index in [1.165, 1.54) is 19.1 Å². The number of amides is 1. The Hall–Kier alpha value is -2.14. The zero-order chi connectivity index (χ0) is 20.8. The van der Waals surface area contributed by atoms with E-state index >= 15 is 0 Å². The van der Waals surface area contributed by atoms with Gasteiger partial charge in [0.2, 0.25) is 5.91 Å². The van der Waals surface area contributed by atoms with Gasteiger partial charge in [0.05, 0.1) is 15.1 Å². The van der Waals surface area contributed by atoms with Crippen molar-refractivity contribution in [3.8, 4) is 0 Å². The molecule has 0 bridgehead atoms. The van der Waals surface area contributed by atoms with Crippen molar-refractivity contribution in [1.82, 2.24) is 9.78 Å². The highest BCUT2D eigenvalue weighted by atomic mass is 79.9. The lowest BCUT2D eigenvalue weighted by Gasteiger charge is -2.16. The quantitative estimate of drug-likeness (QED) is 0.463. The number of anilines is 1. The van der Waals surface area contributed by atoms with Crippen LogP contribution in [0.5, 0.6) is 0 Å². The number of nitro benzene ring substituents is 1. The molecule has 1 saturated carbocycles. The molecule has 3 rings (SSSR count). The molecule has 28 heavy (non-hydrogen) atoms. The first-order chi connectivity index (χ1) is 13.0. The predicted octanol–water partition coefficient (Wildman–Crippen LogP) is 5.30. The summed E-state index contributed by atoms with van der Waals surface area (Å²) in [5, 5.41) is 17.2. The first-order valence-corrected chi connectivity index (χ1v) is 9.27. The summed E-state index contributed by atoms with van der Waals surface area (Å²) >= 11 is 8.70. The van der Waals surface area contributed by atoms with Gasteiger partial charge in [0, 0.05) is 17.0 Å². The maximum atomic E-state index is 13.2. The molecular formula is C16H13BrClF3N4O3. The Labute approximate surface area is 170 Å². The maximum absolute atomic E-state index is 13.2.